The van der Waals surface area contributed by atoms with Gasteiger partial charge in [-0.2, -0.15) is 5.26 Å². The third-order valence-electron chi connectivity index (χ3n) is 3.36. The number of nitrogens with one attached hydrogen (secondary N) is 1. The number of benzene rings is 1. The van der Waals surface area contributed by atoms with Gasteiger partial charge in [-0.1, -0.05) is 17.6 Å². The van der Waals surface area contributed by atoms with Gasteiger partial charge in [-0.3, -0.25) is 0 Å². The standard InChI is InChI=1S/C21H18FN3/c1-15(2)21(8-7-19-6-4-5-9-24-19)16(3)14-25-20-11-17(13-23)10-18(22)12-20/h4-6,9-12,14,25H,1-3H3/b16-14-. The lowest BCUT2D eigenvalue weighted by molar-refractivity contribution is 0.628. The fourth-order valence-corrected chi connectivity index (χ4v) is 2.18. The number of allylic oxidation sites excluding steroid dienone is 3. The maximum absolute atomic E-state index is 13.5. The normalized spacial score (nSPS) is 10.3. The van der Waals surface area contributed by atoms with Gasteiger partial charge < -0.3 is 5.32 Å². The predicted molar refractivity (Wildman–Crippen MR) is 98.0 cm³/mol. The van der Waals surface area contributed by atoms with Gasteiger partial charge in [0, 0.05) is 23.7 Å². The number of nitriles is 1. The second-order valence-electron chi connectivity index (χ2n) is 5.65. The van der Waals surface area contributed by atoms with E-state index >= 15 is 0 Å². The molecule has 1 heterocycles. The van der Waals surface area contributed by atoms with Crippen LogP contribution in [-0.2, 0) is 0 Å². The summed E-state index contributed by atoms with van der Waals surface area (Å²) in [6.07, 6.45) is 3.46. The lowest BCUT2D eigenvalue weighted by Gasteiger charge is -2.06. The summed E-state index contributed by atoms with van der Waals surface area (Å²) in [4.78, 5) is 4.19. The van der Waals surface area contributed by atoms with Crippen molar-refractivity contribution in [2.75, 3.05) is 5.32 Å². The highest BCUT2D eigenvalue weighted by Gasteiger charge is 2.02. The largest absolute Gasteiger partial charge is 0.361 e. The van der Waals surface area contributed by atoms with Crippen LogP contribution in [0.4, 0.5) is 10.1 Å². The molecular formula is C21H18FN3. The van der Waals surface area contributed by atoms with Crippen LogP contribution in [0, 0.1) is 29.0 Å². The van der Waals surface area contributed by atoms with Crippen molar-refractivity contribution in [3.63, 3.8) is 0 Å². The molecule has 0 saturated carbocycles. The molecule has 124 valence electrons. The number of halogens is 1. The van der Waals surface area contributed by atoms with Crippen LogP contribution < -0.4 is 5.32 Å². The van der Waals surface area contributed by atoms with Gasteiger partial charge >= 0.3 is 0 Å². The molecule has 0 amide bonds. The van der Waals surface area contributed by atoms with Crippen LogP contribution >= 0.6 is 0 Å². The Morgan fingerprint density at radius 3 is 2.64 bits per heavy atom. The second-order valence-corrected chi connectivity index (χ2v) is 5.65. The quantitative estimate of drug-likeness (QED) is 0.649. The smallest absolute Gasteiger partial charge is 0.126 e. The maximum atomic E-state index is 13.5. The predicted octanol–water partition coefficient (Wildman–Crippen LogP) is 4.80. The Balaban J connectivity index is 2.24. The maximum Gasteiger partial charge on any atom is 0.126 e. The van der Waals surface area contributed by atoms with Gasteiger partial charge in [0.05, 0.1) is 11.6 Å². The Morgan fingerprint density at radius 2 is 2.00 bits per heavy atom. The number of hydrogen-bond acceptors (Lipinski definition) is 3. The van der Waals surface area contributed by atoms with E-state index in [4.69, 9.17) is 5.26 Å². The average molecular weight is 331 g/mol. The summed E-state index contributed by atoms with van der Waals surface area (Å²) in [5.41, 5.74) is 4.34. The Hall–Kier alpha value is -3.37. The number of anilines is 1. The van der Waals surface area contributed by atoms with Gasteiger partial charge in [0.15, 0.2) is 0 Å². The van der Waals surface area contributed by atoms with Crippen molar-refractivity contribution < 1.29 is 4.39 Å². The van der Waals surface area contributed by atoms with Gasteiger partial charge in [-0.25, -0.2) is 9.37 Å². The zero-order valence-electron chi connectivity index (χ0n) is 14.4. The number of pyridine rings is 1. The van der Waals surface area contributed by atoms with Crippen LogP contribution in [0.3, 0.4) is 0 Å². The fraction of sp³-hybridized carbons (Fsp3) is 0.143. The second kappa shape index (κ2) is 8.47. The lowest BCUT2D eigenvalue weighted by atomic mass is 10.0. The van der Waals surface area contributed by atoms with E-state index in [-0.39, 0.29) is 5.56 Å². The molecule has 0 fully saturated rings. The fourth-order valence-electron chi connectivity index (χ4n) is 2.18. The molecule has 0 aliphatic heterocycles. The number of nitrogens with zero attached hydrogens (tertiary/aromatic N) is 2. The molecule has 0 bridgehead atoms. The number of hydrogen-bond donors (Lipinski definition) is 1. The molecular weight excluding hydrogens is 313 g/mol. The van der Waals surface area contributed by atoms with E-state index in [0.717, 1.165) is 16.7 Å². The lowest BCUT2D eigenvalue weighted by Crippen LogP contribution is -1.95. The zero-order chi connectivity index (χ0) is 18.2. The van der Waals surface area contributed by atoms with Crippen molar-refractivity contribution in [3.8, 4) is 17.9 Å². The topological polar surface area (TPSA) is 48.7 Å². The molecule has 0 unspecified atom stereocenters. The molecule has 0 atom stereocenters. The van der Waals surface area contributed by atoms with Crippen molar-refractivity contribution in [1.82, 2.24) is 4.98 Å². The van der Waals surface area contributed by atoms with Crippen LogP contribution in [0.1, 0.15) is 32.0 Å². The third kappa shape index (κ3) is 5.34. The molecule has 0 radical (unpaired) electrons. The Labute approximate surface area is 147 Å². The monoisotopic (exact) mass is 331 g/mol. The summed E-state index contributed by atoms with van der Waals surface area (Å²) in [5, 5.41) is 11.9. The van der Waals surface area contributed by atoms with E-state index in [1.807, 2.05) is 45.0 Å². The van der Waals surface area contributed by atoms with Crippen molar-refractivity contribution in [2.45, 2.75) is 20.8 Å². The third-order valence-corrected chi connectivity index (χ3v) is 3.36. The minimum absolute atomic E-state index is 0.269. The Morgan fingerprint density at radius 1 is 1.20 bits per heavy atom. The molecule has 0 saturated heterocycles. The molecule has 25 heavy (non-hydrogen) atoms. The Kier molecular flexibility index (Phi) is 6.09. The molecule has 0 spiro atoms. The van der Waals surface area contributed by atoms with E-state index in [2.05, 4.69) is 22.1 Å². The van der Waals surface area contributed by atoms with Crippen molar-refractivity contribution >= 4 is 5.69 Å². The first-order valence-electron chi connectivity index (χ1n) is 7.74. The van der Waals surface area contributed by atoms with Crippen molar-refractivity contribution in [3.05, 3.63) is 82.6 Å². The van der Waals surface area contributed by atoms with Crippen molar-refractivity contribution in [2.24, 2.45) is 0 Å². The van der Waals surface area contributed by atoms with E-state index in [0.29, 0.717) is 11.4 Å². The van der Waals surface area contributed by atoms with Crippen LogP contribution in [0.15, 0.2) is 65.5 Å². The number of rotatable bonds is 3. The van der Waals surface area contributed by atoms with Gasteiger partial charge in [0.2, 0.25) is 0 Å². The molecule has 1 aromatic heterocycles. The van der Waals surface area contributed by atoms with Gasteiger partial charge in [0.25, 0.3) is 0 Å². The minimum atomic E-state index is -0.454. The van der Waals surface area contributed by atoms with Gasteiger partial charge in [-0.05, 0) is 62.6 Å². The molecule has 3 nitrogen and oxygen atoms in total. The average Bonchev–Trinajstić information content (AvgIpc) is 2.60. The summed E-state index contributed by atoms with van der Waals surface area (Å²) < 4.78 is 13.5. The molecule has 4 heteroatoms. The van der Waals surface area contributed by atoms with Crippen LogP contribution in [0.5, 0.6) is 0 Å². The molecule has 1 N–H and O–H groups in total. The van der Waals surface area contributed by atoms with Crippen molar-refractivity contribution in [1.29, 1.82) is 5.26 Å². The highest BCUT2D eigenvalue weighted by atomic mass is 19.1. The zero-order valence-corrected chi connectivity index (χ0v) is 14.4. The Bertz CT molecular complexity index is 919. The van der Waals surface area contributed by atoms with E-state index in [1.54, 1.807) is 18.5 Å². The molecule has 1 aromatic carbocycles. The molecule has 2 aromatic rings. The highest BCUT2D eigenvalue weighted by Crippen LogP contribution is 2.17. The molecule has 2 rings (SSSR count). The summed E-state index contributed by atoms with van der Waals surface area (Å²) >= 11 is 0. The summed E-state index contributed by atoms with van der Waals surface area (Å²) in [6, 6.07) is 11.6. The van der Waals surface area contributed by atoms with Gasteiger partial charge in [0.1, 0.15) is 11.5 Å². The SMILES string of the molecule is CC(C)=C(C#Cc1ccccn1)/C(C)=C\Nc1cc(F)cc(C#N)c1. The summed E-state index contributed by atoms with van der Waals surface area (Å²) in [7, 11) is 0. The molecule has 0 aliphatic rings. The highest BCUT2D eigenvalue weighted by molar-refractivity contribution is 5.55. The summed E-state index contributed by atoms with van der Waals surface area (Å²) in [5.74, 6) is 5.73. The first-order valence-corrected chi connectivity index (χ1v) is 7.74. The molecule has 0 aliphatic carbocycles. The van der Waals surface area contributed by atoms with Crippen LogP contribution in [0.2, 0.25) is 0 Å². The summed E-state index contributed by atoms with van der Waals surface area (Å²) in [6.45, 7) is 5.89. The van der Waals surface area contributed by atoms with Crippen LogP contribution in [0.25, 0.3) is 0 Å². The van der Waals surface area contributed by atoms with E-state index in [9.17, 15) is 4.39 Å². The first kappa shape index (κ1) is 18.0. The van der Waals surface area contributed by atoms with Gasteiger partial charge in [-0.15, -0.1) is 0 Å². The number of aromatic nitrogens is 1. The minimum Gasteiger partial charge on any atom is -0.361 e. The van der Waals surface area contributed by atoms with Crippen LogP contribution in [-0.4, -0.2) is 4.98 Å². The van der Waals surface area contributed by atoms with E-state index in [1.165, 1.54) is 12.1 Å². The first-order chi connectivity index (χ1) is 12.0. The van der Waals surface area contributed by atoms with E-state index < -0.39 is 5.82 Å².